The van der Waals surface area contributed by atoms with Crippen LogP contribution in [0.15, 0.2) is 279 Å². The molecule has 0 spiro atoms. The zero-order chi connectivity index (χ0) is 61.4. The van der Waals surface area contributed by atoms with Crippen molar-refractivity contribution in [3.05, 3.63) is 301 Å². The molecule has 11 aromatic carbocycles. The first kappa shape index (κ1) is 53.3. The molecule has 0 saturated carbocycles. The average molecular weight is 1180 g/mol. The van der Waals surface area contributed by atoms with Gasteiger partial charge in [-0.25, -0.2) is 29.9 Å². The second-order valence-corrected chi connectivity index (χ2v) is 25.5. The number of hydrogen-bond acceptors (Lipinski definition) is 6. The fraction of sp³-hybridized carbons (Fsp3) is 0.0714. The summed E-state index contributed by atoms with van der Waals surface area (Å²) in [6, 6.07) is 97.4. The average Bonchev–Trinajstić information content (AvgIpc) is 1.56. The summed E-state index contributed by atoms with van der Waals surface area (Å²) in [7, 11) is 0. The lowest BCUT2D eigenvalue weighted by molar-refractivity contribution is 0.661. The van der Waals surface area contributed by atoms with Gasteiger partial charge in [-0.2, -0.15) is 0 Å². The number of pyridine rings is 1. The molecule has 0 radical (unpaired) electrons. The molecular formula is C84H58N8. The van der Waals surface area contributed by atoms with Gasteiger partial charge in [-0.1, -0.05) is 216 Å². The minimum absolute atomic E-state index is 0.151. The first-order chi connectivity index (χ1) is 45.1. The summed E-state index contributed by atoms with van der Waals surface area (Å²) >= 11 is 0. The number of para-hydroxylation sites is 1. The van der Waals surface area contributed by atoms with Crippen LogP contribution in [-0.2, 0) is 10.8 Å². The Kier molecular flexibility index (Phi) is 11.8. The topological polar surface area (TPSA) is 87.2 Å². The van der Waals surface area contributed by atoms with Gasteiger partial charge in [-0.3, -0.25) is 4.57 Å². The molecule has 0 atom stereocenters. The lowest BCUT2D eigenvalue weighted by atomic mass is 9.82. The van der Waals surface area contributed by atoms with E-state index in [4.69, 9.17) is 29.9 Å². The SMILES string of the molecule is CC1(C)c2ccccc2-c2cc3c4ccccc4n(-c4ccc(-c5nc(-c6ccccc6)nc(-c6cccc(-c7cccc8c7c7cc9c(cc7n8-c7ccc(-c8nc(-c%10ccccc%10)cc(-c%10ccccc%10)n8)cc7)C(C)(C)c7ccccc7-9)c6)n5)cn4)c3cc21. The summed E-state index contributed by atoms with van der Waals surface area (Å²) in [4.78, 5) is 31.4. The van der Waals surface area contributed by atoms with Crippen molar-refractivity contribution < 1.29 is 0 Å². The molecule has 92 heavy (non-hydrogen) atoms. The lowest BCUT2D eigenvalue weighted by Crippen LogP contribution is -2.15. The first-order valence-corrected chi connectivity index (χ1v) is 31.5. The summed E-state index contributed by atoms with van der Waals surface area (Å²) in [5.41, 5.74) is 25.1. The third kappa shape index (κ3) is 8.30. The van der Waals surface area contributed by atoms with Crippen LogP contribution in [0.25, 0.3) is 157 Å². The highest BCUT2D eigenvalue weighted by Gasteiger charge is 2.38. The molecule has 2 aliphatic carbocycles. The number of rotatable bonds is 9. The smallest absolute Gasteiger partial charge is 0.165 e. The van der Waals surface area contributed by atoms with Crippen molar-refractivity contribution >= 4 is 43.6 Å². The van der Waals surface area contributed by atoms with Crippen LogP contribution in [0.5, 0.6) is 0 Å². The number of hydrogen-bond donors (Lipinski definition) is 0. The lowest BCUT2D eigenvalue weighted by Gasteiger charge is -2.21. The van der Waals surface area contributed by atoms with Gasteiger partial charge in [0.1, 0.15) is 5.82 Å². The standard InChI is InChI=1S/C84H58N8/c1-83(2)67-34-17-14-30-60(67)63-45-65-62-32-16-19-36-73(62)92(75(65)47-69(63)83)77-43-40-57(50-85-77)82-89-80(53-26-12-7-13-27-53)88-81(90-82)56-29-20-28-55(44-56)59-33-21-37-74-78(59)66-46-64-61-31-15-18-35-68(61)84(3,4)70(64)48-76(66)91(74)58-41-38-54(39-42-58)79-86-71(51-22-8-5-9-23-51)49-72(87-79)52-24-10-6-11-25-52/h5-50H,1-4H3. The van der Waals surface area contributed by atoms with Crippen LogP contribution in [0.1, 0.15) is 49.9 Å². The molecule has 0 unspecified atom stereocenters. The Morgan fingerprint density at radius 1 is 0.272 bits per heavy atom. The maximum Gasteiger partial charge on any atom is 0.165 e. The fourth-order valence-corrected chi connectivity index (χ4v) is 14.9. The molecule has 8 nitrogen and oxygen atoms in total. The maximum atomic E-state index is 5.32. The van der Waals surface area contributed by atoms with Crippen LogP contribution in [0.4, 0.5) is 0 Å². The monoisotopic (exact) mass is 1180 g/mol. The zero-order valence-corrected chi connectivity index (χ0v) is 51.1. The number of nitrogens with zero attached hydrogens (tertiary/aromatic N) is 8. The maximum absolute atomic E-state index is 5.32. The van der Waals surface area contributed by atoms with Gasteiger partial charge in [0, 0.05) is 77.6 Å². The Hall–Kier alpha value is -11.7. The molecule has 2 aliphatic rings. The summed E-state index contributed by atoms with van der Waals surface area (Å²) < 4.78 is 4.74. The number of aromatic nitrogens is 8. The Bertz CT molecular complexity index is 5610. The van der Waals surface area contributed by atoms with E-state index in [0.29, 0.717) is 23.3 Å². The largest absolute Gasteiger partial charge is 0.309 e. The molecule has 0 amide bonds. The normalized spacial score (nSPS) is 13.4. The van der Waals surface area contributed by atoms with Crippen LogP contribution in [0.3, 0.4) is 0 Å². The molecule has 0 N–H and O–H groups in total. The van der Waals surface area contributed by atoms with Crippen molar-refractivity contribution in [3.63, 3.8) is 0 Å². The van der Waals surface area contributed by atoms with E-state index >= 15 is 0 Å². The van der Waals surface area contributed by atoms with Crippen molar-refractivity contribution in [1.82, 2.24) is 39.0 Å². The van der Waals surface area contributed by atoms with E-state index in [0.717, 1.165) is 94.9 Å². The molecule has 434 valence electrons. The predicted molar refractivity (Wildman–Crippen MR) is 375 cm³/mol. The van der Waals surface area contributed by atoms with Gasteiger partial charge in [0.15, 0.2) is 23.3 Å². The molecular weight excluding hydrogens is 1120 g/mol. The highest BCUT2D eigenvalue weighted by molar-refractivity contribution is 6.18. The molecule has 0 saturated heterocycles. The Morgan fingerprint density at radius 2 is 0.739 bits per heavy atom. The minimum atomic E-state index is -0.210. The predicted octanol–water partition coefficient (Wildman–Crippen LogP) is 20.5. The van der Waals surface area contributed by atoms with Crippen LogP contribution in [-0.4, -0.2) is 39.0 Å². The zero-order valence-electron chi connectivity index (χ0n) is 51.1. The fourth-order valence-electron chi connectivity index (χ4n) is 14.9. The Labute approximate surface area is 532 Å². The molecule has 16 aromatic rings. The third-order valence-corrected chi connectivity index (χ3v) is 19.5. The van der Waals surface area contributed by atoms with E-state index in [1.165, 1.54) is 60.7 Å². The van der Waals surface area contributed by atoms with Crippen LogP contribution in [0, 0.1) is 0 Å². The van der Waals surface area contributed by atoms with E-state index in [1.807, 2.05) is 36.5 Å². The van der Waals surface area contributed by atoms with Crippen LogP contribution >= 0.6 is 0 Å². The highest BCUT2D eigenvalue weighted by Crippen LogP contribution is 2.53. The third-order valence-electron chi connectivity index (χ3n) is 19.5. The van der Waals surface area contributed by atoms with E-state index in [-0.39, 0.29) is 10.8 Å². The van der Waals surface area contributed by atoms with Gasteiger partial charge in [0.2, 0.25) is 0 Å². The van der Waals surface area contributed by atoms with E-state index in [2.05, 4.69) is 279 Å². The van der Waals surface area contributed by atoms with E-state index in [1.54, 1.807) is 0 Å². The van der Waals surface area contributed by atoms with Crippen LogP contribution in [0.2, 0.25) is 0 Å². The summed E-state index contributed by atoms with van der Waals surface area (Å²) in [5.74, 6) is 3.18. The van der Waals surface area contributed by atoms with Gasteiger partial charge in [-0.15, -0.1) is 0 Å². The molecule has 18 rings (SSSR count). The second-order valence-electron chi connectivity index (χ2n) is 25.5. The van der Waals surface area contributed by atoms with Crippen molar-refractivity contribution in [3.8, 4) is 113 Å². The van der Waals surface area contributed by atoms with E-state index < -0.39 is 0 Å². The summed E-state index contributed by atoms with van der Waals surface area (Å²) in [6.07, 6.45) is 1.91. The molecule has 0 aliphatic heterocycles. The van der Waals surface area contributed by atoms with Gasteiger partial charge >= 0.3 is 0 Å². The van der Waals surface area contributed by atoms with Crippen molar-refractivity contribution in [2.45, 2.75) is 38.5 Å². The highest BCUT2D eigenvalue weighted by atomic mass is 15.1. The van der Waals surface area contributed by atoms with E-state index in [9.17, 15) is 0 Å². The molecule has 0 bridgehead atoms. The van der Waals surface area contributed by atoms with Gasteiger partial charge < -0.3 is 4.57 Å². The Morgan fingerprint density at radius 3 is 1.37 bits per heavy atom. The quantitative estimate of drug-likeness (QED) is 0.143. The first-order valence-electron chi connectivity index (χ1n) is 31.5. The molecule has 0 fully saturated rings. The van der Waals surface area contributed by atoms with Crippen molar-refractivity contribution in [1.29, 1.82) is 0 Å². The van der Waals surface area contributed by atoms with Gasteiger partial charge in [0.05, 0.1) is 33.5 Å². The Balaban J connectivity index is 0.762. The molecule has 8 heteroatoms. The number of benzene rings is 11. The summed E-state index contributed by atoms with van der Waals surface area (Å²) in [5, 5.41) is 4.73. The van der Waals surface area contributed by atoms with Crippen LogP contribution < -0.4 is 0 Å². The van der Waals surface area contributed by atoms with Gasteiger partial charge in [-0.05, 0) is 141 Å². The van der Waals surface area contributed by atoms with Crippen molar-refractivity contribution in [2.24, 2.45) is 0 Å². The molecule has 5 heterocycles. The van der Waals surface area contributed by atoms with Gasteiger partial charge in [0.25, 0.3) is 0 Å². The molecule has 5 aromatic heterocycles. The number of fused-ring (bicyclic) bond motifs is 12. The van der Waals surface area contributed by atoms with Crippen molar-refractivity contribution in [2.75, 3.05) is 0 Å². The second kappa shape index (κ2) is 20.4. The summed E-state index contributed by atoms with van der Waals surface area (Å²) in [6.45, 7) is 9.38. The minimum Gasteiger partial charge on any atom is -0.309 e.